The Morgan fingerprint density at radius 1 is 0.273 bits per heavy atom. The maximum Gasteiger partial charge on any atom is 0.219 e. The molecule has 0 saturated carbocycles. The minimum absolute atomic E-state index is 0.0318. The van der Waals surface area contributed by atoms with Gasteiger partial charge in [-0.3, -0.25) is 0 Å². The Kier molecular flexibility index (Phi) is 20.8. The van der Waals surface area contributed by atoms with Gasteiger partial charge in [-0.1, -0.05) is 142 Å². The lowest BCUT2D eigenvalue weighted by Crippen LogP contribution is -2.40. The Morgan fingerprint density at radius 3 is 0.942 bits per heavy atom. The standard InChI is InChI=1S/C29H31N3.C27H27N3.C26H22N4.C26H25N3/c1-20-15-22-11-7-8-12-23(22)19-31(20)27-16-25(29(3,4)5)17-28(21(27)2)32-26-14-10-9-13-24(26)18-30(32)6;1-18-14-19(2)27(30-25-13-9-8-12-24(25)16-28(30)5)21(4)26(18)29-17-23-11-7-6-10-22(23)15-20(29)3;1-18-13-20-9-5-6-10-21(20)17-29(18)25-14-23(27-3)15-26(19(25)2)30-24-12-8-7-11-22(24)16-28(30)4;1-18-13-25(28-17-22-10-6-5-9-21(22)15-19(28)2)20(3)26(14-18)29-24-12-8-7-11-23(24)16-27(29)4/h7-19H,1-6H3;6-17H,1-5H3;5-17H,1-2,4H3;5-17H,1-4H3/q4*+2. The van der Waals surface area contributed by atoms with Crippen LogP contribution in [-0.4, -0.2) is 18.7 Å². The summed E-state index contributed by atoms with van der Waals surface area (Å²) in [5.41, 5.74) is 29.8. The van der Waals surface area contributed by atoms with Gasteiger partial charge >= 0.3 is 0 Å². The summed E-state index contributed by atoms with van der Waals surface area (Å²) in [5.74, 6) is 0. The predicted octanol–water partition coefficient (Wildman–Crippen LogP) is 20.8. The van der Waals surface area contributed by atoms with Crippen molar-refractivity contribution in [3.8, 4) is 45.5 Å². The second kappa shape index (κ2) is 31.8. The minimum atomic E-state index is 0.0318. The van der Waals surface area contributed by atoms with Crippen molar-refractivity contribution in [1.29, 1.82) is 0 Å². The van der Waals surface area contributed by atoms with Crippen LogP contribution in [0.4, 0.5) is 5.69 Å². The van der Waals surface area contributed by atoms with Crippen LogP contribution < -0.4 is 37.0 Å². The Labute approximate surface area is 708 Å². The highest BCUT2D eigenvalue weighted by atomic mass is 15.4. The number of nitrogens with zero attached hydrogens (tertiary/aromatic N) is 13. The monoisotopic (exact) mass is 1580 g/mol. The van der Waals surface area contributed by atoms with E-state index in [0.717, 1.165) is 28.1 Å². The number of hydrogen-bond donors (Lipinski definition) is 0. The van der Waals surface area contributed by atoms with Crippen LogP contribution in [0.2, 0.25) is 0 Å². The van der Waals surface area contributed by atoms with Gasteiger partial charge in [-0.25, -0.2) is 4.85 Å². The molecule has 13 nitrogen and oxygen atoms in total. The molecule has 0 fully saturated rings. The third-order valence-electron chi connectivity index (χ3n) is 24.2. The van der Waals surface area contributed by atoms with Crippen molar-refractivity contribution >= 4 is 92.4 Å². The van der Waals surface area contributed by atoms with Crippen molar-refractivity contribution < 1.29 is 37.0 Å². The van der Waals surface area contributed by atoms with E-state index < -0.39 is 0 Å². The summed E-state index contributed by atoms with van der Waals surface area (Å²) in [5, 5.41) is 14.9. The lowest BCUT2D eigenvalue weighted by Gasteiger charge is -2.21. The molecular formula is C108H105N13+8. The number of benzene rings is 12. The second-order valence-corrected chi connectivity index (χ2v) is 33.8. The normalized spacial score (nSPS) is 11.5. The van der Waals surface area contributed by atoms with Gasteiger partial charge < -0.3 is 0 Å². The van der Waals surface area contributed by atoms with E-state index in [1.54, 1.807) is 0 Å². The van der Waals surface area contributed by atoms with Crippen LogP contribution in [0, 0.1) is 82.7 Å². The zero-order valence-corrected chi connectivity index (χ0v) is 72.8. The molecule has 20 aromatic rings. The number of aromatic nitrogens is 12. The molecule has 0 bridgehead atoms. The molecule has 13 heteroatoms. The summed E-state index contributed by atoms with van der Waals surface area (Å²) in [4.78, 5) is 3.78. The highest BCUT2D eigenvalue weighted by molar-refractivity contribution is 5.87. The van der Waals surface area contributed by atoms with Crippen LogP contribution in [0.5, 0.6) is 0 Å². The molecule has 8 heterocycles. The zero-order chi connectivity index (χ0) is 84.6. The van der Waals surface area contributed by atoms with E-state index in [0.29, 0.717) is 5.69 Å². The Bertz CT molecular complexity index is 7590. The lowest BCUT2D eigenvalue weighted by atomic mass is 9.85. The zero-order valence-electron chi connectivity index (χ0n) is 72.8. The van der Waals surface area contributed by atoms with Gasteiger partial charge in [0.25, 0.3) is 0 Å². The Balaban J connectivity index is 0.000000115. The Hall–Kier alpha value is -14.4. The van der Waals surface area contributed by atoms with Crippen LogP contribution >= 0.6 is 0 Å². The third kappa shape index (κ3) is 14.7. The van der Waals surface area contributed by atoms with Crippen LogP contribution in [-0.2, 0) is 33.6 Å². The van der Waals surface area contributed by atoms with E-state index in [1.807, 2.05) is 19.2 Å². The quantitative estimate of drug-likeness (QED) is 0.108. The minimum Gasteiger partial charge on any atom is -0.238 e. The summed E-state index contributed by atoms with van der Waals surface area (Å²) in [7, 11) is 8.39. The largest absolute Gasteiger partial charge is 0.238 e. The number of hydrogen-bond acceptors (Lipinski definition) is 0. The van der Waals surface area contributed by atoms with Crippen molar-refractivity contribution in [2.45, 2.75) is 102 Å². The molecule has 0 aliphatic heterocycles. The fraction of sp³-hybridized carbons (Fsp3) is 0.176. The van der Waals surface area contributed by atoms with Gasteiger partial charge in [0, 0.05) is 103 Å². The van der Waals surface area contributed by atoms with E-state index in [4.69, 9.17) is 6.57 Å². The molecule has 0 amide bonds. The summed E-state index contributed by atoms with van der Waals surface area (Å²) < 4.78 is 27.0. The van der Waals surface area contributed by atoms with Gasteiger partial charge in [0.05, 0.1) is 44.8 Å². The summed E-state index contributed by atoms with van der Waals surface area (Å²) in [6, 6.07) is 92.7. The summed E-state index contributed by atoms with van der Waals surface area (Å²) >= 11 is 0. The van der Waals surface area contributed by atoms with Gasteiger partial charge in [0.2, 0.25) is 47.5 Å². The van der Waals surface area contributed by atoms with Crippen molar-refractivity contribution in [3.63, 3.8) is 0 Å². The van der Waals surface area contributed by atoms with E-state index in [-0.39, 0.29) is 5.41 Å². The van der Waals surface area contributed by atoms with Crippen molar-refractivity contribution in [2.24, 2.45) is 28.2 Å². The third-order valence-corrected chi connectivity index (χ3v) is 24.2. The molecule has 0 atom stereocenters. The van der Waals surface area contributed by atoms with Crippen LogP contribution in [0.1, 0.15) is 88.1 Å². The molecule has 0 aliphatic carbocycles. The molecule has 0 radical (unpaired) electrons. The first kappa shape index (κ1) is 79.1. The molecule has 0 spiro atoms. The first-order chi connectivity index (χ1) is 58.3. The van der Waals surface area contributed by atoms with Gasteiger partial charge in [0.15, 0.2) is 81.4 Å². The van der Waals surface area contributed by atoms with Crippen molar-refractivity contribution in [1.82, 2.24) is 18.7 Å². The highest BCUT2D eigenvalue weighted by Crippen LogP contribution is 2.35. The molecule has 0 unspecified atom stereocenters. The van der Waals surface area contributed by atoms with Crippen molar-refractivity contribution in [3.05, 3.63) is 389 Å². The molecular weight excluding hydrogens is 1480 g/mol. The topological polar surface area (TPSA) is 55.1 Å². The number of pyridine rings is 4. The molecule has 0 N–H and O–H groups in total. The molecule has 0 saturated heterocycles. The number of fused-ring (bicyclic) bond motifs is 8. The Morgan fingerprint density at radius 2 is 0.570 bits per heavy atom. The van der Waals surface area contributed by atoms with E-state index >= 15 is 0 Å². The number of rotatable bonds is 8. The average Bonchev–Trinajstić information content (AvgIpc) is 1.63. The molecule has 20 rings (SSSR count). The molecule has 594 valence electrons. The fourth-order valence-corrected chi connectivity index (χ4v) is 18.2. The van der Waals surface area contributed by atoms with Crippen LogP contribution in [0.3, 0.4) is 0 Å². The maximum atomic E-state index is 7.70. The van der Waals surface area contributed by atoms with E-state index in [9.17, 15) is 0 Å². The molecule has 121 heavy (non-hydrogen) atoms. The van der Waals surface area contributed by atoms with Gasteiger partial charge in [-0.15, -0.1) is 37.5 Å². The van der Waals surface area contributed by atoms with E-state index in [2.05, 4.69) is 477 Å². The molecule has 8 aromatic heterocycles. The number of para-hydroxylation sites is 4. The SMILES string of the molecule is Cc1c(-n2c3ccccc3c[n+]2C)cc(C(C)(C)C)cc1-[n+]1cc2ccccc2cc1C.Cc1cc(-n2c3ccccc3c[n+]2C)c(C)c(-[n+]2cc3ccccc3cc2C)c1.Cc1cc(C)c(-[n+]2cc3ccccc3cc2C)c(C)c1-n1c2ccccc2c[n+]1C.[C-]#[N+]c1cc(-n2c3ccccc3c[n+]2C)c(C)c(-[n+]2cc3ccccc3cc2C)c1. The maximum absolute atomic E-state index is 7.70. The second-order valence-electron chi connectivity index (χ2n) is 33.8. The summed E-state index contributed by atoms with van der Waals surface area (Å²) in [6.45, 7) is 38.7. The average molecular weight is 1590 g/mol. The first-order valence-electron chi connectivity index (χ1n) is 41.7. The van der Waals surface area contributed by atoms with Gasteiger partial charge in [-0.2, -0.15) is 18.3 Å². The van der Waals surface area contributed by atoms with Gasteiger partial charge in [0.1, 0.15) is 44.8 Å². The fourth-order valence-electron chi connectivity index (χ4n) is 18.2. The smallest absolute Gasteiger partial charge is 0.219 e. The van der Waals surface area contributed by atoms with Crippen molar-refractivity contribution in [2.75, 3.05) is 0 Å². The van der Waals surface area contributed by atoms with Crippen LogP contribution in [0.25, 0.3) is 137 Å². The first-order valence-corrected chi connectivity index (χ1v) is 41.7. The van der Waals surface area contributed by atoms with E-state index in [1.165, 1.54) is 171 Å². The number of aryl methyl sites for hydroxylation is 11. The molecule has 12 aromatic carbocycles. The molecule has 0 aliphatic rings. The summed E-state index contributed by atoms with van der Waals surface area (Å²) in [6.07, 6.45) is 17.7. The predicted molar refractivity (Wildman–Crippen MR) is 491 cm³/mol. The van der Waals surface area contributed by atoms with Gasteiger partial charge in [-0.05, 0) is 189 Å². The van der Waals surface area contributed by atoms with Crippen LogP contribution in [0.15, 0.2) is 310 Å². The highest BCUT2D eigenvalue weighted by Gasteiger charge is 2.32. The lowest BCUT2D eigenvalue weighted by molar-refractivity contribution is -0.742.